The van der Waals surface area contributed by atoms with Gasteiger partial charge >= 0.3 is 0 Å². The standard InChI is InChI=1S/C23H19ClN4O2S2/c1-3-12-28-21(29)20(32-23(28)25-22-27-26-15(2)31-22)13-17-6-4-5-7-19(17)30-14-16-8-10-18(24)11-9-16/h3-11,13H,1,12,14H2,2H3/b20-13-,25-23+. The third kappa shape index (κ3) is 5.27. The largest absolute Gasteiger partial charge is 0.488 e. The Morgan fingerprint density at radius 2 is 1.97 bits per heavy atom. The first-order chi connectivity index (χ1) is 15.5. The second-order valence-corrected chi connectivity index (χ2v) is 9.37. The molecule has 32 heavy (non-hydrogen) atoms. The number of nitrogens with zero attached hydrogens (tertiary/aromatic N) is 4. The quantitative estimate of drug-likeness (QED) is 0.311. The Hall–Kier alpha value is -2.94. The molecule has 1 aliphatic rings. The monoisotopic (exact) mass is 482 g/mol. The molecule has 162 valence electrons. The Morgan fingerprint density at radius 3 is 2.69 bits per heavy atom. The Morgan fingerprint density at radius 1 is 1.19 bits per heavy atom. The number of thioether (sulfide) groups is 1. The Kier molecular flexibility index (Phi) is 7.04. The summed E-state index contributed by atoms with van der Waals surface area (Å²) < 4.78 is 6.02. The zero-order chi connectivity index (χ0) is 22.5. The summed E-state index contributed by atoms with van der Waals surface area (Å²) in [6, 6.07) is 15.1. The fraction of sp³-hybridized carbons (Fsp3) is 0.130. The van der Waals surface area contributed by atoms with Crippen LogP contribution < -0.4 is 4.74 Å². The molecule has 0 N–H and O–H groups in total. The van der Waals surface area contributed by atoms with Gasteiger partial charge in [-0.25, -0.2) is 0 Å². The van der Waals surface area contributed by atoms with Crippen molar-refractivity contribution in [3.05, 3.63) is 87.2 Å². The highest BCUT2D eigenvalue weighted by atomic mass is 35.5. The van der Waals surface area contributed by atoms with Crippen LogP contribution in [0, 0.1) is 6.92 Å². The highest BCUT2D eigenvalue weighted by molar-refractivity contribution is 8.18. The summed E-state index contributed by atoms with van der Waals surface area (Å²) in [6.07, 6.45) is 3.50. The van der Waals surface area contributed by atoms with E-state index in [0.29, 0.717) is 39.1 Å². The lowest BCUT2D eigenvalue weighted by Gasteiger charge is -2.12. The van der Waals surface area contributed by atoms with Gasteiger partial charge in [0, 0.05) is 17.1 Å². The summed E-state index contributed by atoms with van der Waals surface area (Å²) in [6.45, 7) is 6.37. The maximum Gasteiger partial charge on any atom is 0.267 e. The normalized spacial score (nSPS) is 16.2. The number of amidine groups is 1. The number of ether oxygens (including phenoxy) is 1. The summed E-state index contributed by atoms with van der Waals surface area (Å²) in [4.78, 5) is 19.7. The van der Waals surface area contributed by atoms with Crippen LogP contribution in [0.2, 0.25) is 5.02 Å². The molecule has 0 unspecified atom stereocenters. The molecule has 9 heteroatoms. The first-order valence-corrected chi connectivity index (χ1v) is 11.7. The van der Waals surface area contributed by atoms with Gasteiger partial charge < -0.3 is 4.74 Å². The second-order valence-electron chi connectivity index (χ2n) is 6.77. The summed E-state index contributed by atoms with van der Waals surface area (Å²) in [5.41, 5.74) is 1.81. The van der Waals surface area contributed by atoms with Crippen LogP contribution in [-0.4, -0.2) is 32.7 Å². The lowest BCUT2D eigenvalue weighted by Crippen LogP contribution is -2.29. The van der Waals surface area contributed by atoms with Gasteiger partial charge in [0.1, 0.15) is 17.4 Å². The number of hydrogen-bond acceptors (Lipinski definition) is 7. The van der Waals surface area contributed by atoms with E-state index in [0.717, 1.165) is 16.1 Å². The van der Waals surface area contributed by atoms with E-state index in [1.807, 2.05) is 61.5 Å². The van der Waals surface area contributed by atoms with Crippen LogP contribution in [0.15, 0.2) is 71.1 Å². The maximum atomic E-state index is 13.1. The molecule has 0 aliphatic carbocycles. The first kappa shape index (κ1) is 22.3. The third-order valence-corrected chi connectivity index (χ3v) is 6.41. The Bertz CT molecular complexity index is 1200. The molecule has 0 atom stereocenters. The average molecular weight is 483 g/mol. The number of aryl methyl sites for hydroxylation is 1. The van der Waals surface area contributed by atoms with Crippen molar-refractivity contribution in [1.82, 2.24) is 15.1 Å². The molecule has 1 saturated heterocycles. The van der Waals surface area contributed by atoms with Crippen LogP contribution in [0.25, 0.3) is 6.08 Å². The molecular formula is C23H19ClN4O2S2. The van der Waals surface area contributed by atoms with Gasteiger partial charge in [0.25, 0.3) is 5.91 Å². The summed E-state index contributed by atoms with van der Waals surface area (Å²) >= 11 is 8.63. The minimum Gasteiger partial charge on any atom is -0.488 e. The minimum atomic E-state index is -0.137. The SMILES string of the molecule is C=CCN1C(=O)/C(=C/c2ccccc2OCc2ccc(Cl)cc2)S/C1=N/c1nnc(C)s1. The van der Waals surface area contributed by atoms with Crippen molar-refractivity contribution in [3.63, 3.8) is 0 Å². The Balaban J connectivity index is 1.59. The van der Waals surface area contributed by atoms with Crippen molar-refractivity contribution < 1.29 is 9.53 Å². The van der Waals surface area contributed by atoms with E-state index >= 15 is 0 Å². The van der Waals surface area contributed by atoms with Crippen molar-refractivity contribution >= 4 is 57.0 Å². The average Bonchev–Trinajstić information content (AvgIpc) is 3.32. The molecule has 6 nitrogen and oxygen atoms in total. The number of amides is 1. The molecule has 0 spiro atoms. The lowest BCUT2D eigenvalue weighted by molar-refractivity contribution is -0.121. The van der Waals surface area contributed by atoms with Crippen molar-refractivity contribution in [2.45, 2.75) is 13.5 Å². The van der Waals surface area contributed by atoms with E-state index in [2.05, 4.69) is 21.8 Å². The molecule has 0 radical (unpaired) electrons. The Labute approximate surface area is 199 Å². The van der Waals surface area contributed by atoms with E-state index in [4.69, 9.17) is 16.3 Å². The topological polar surface area (TPSA) is 67.7 Å². The fourth-order valence-corrected chi connectivity index (χ4v) is 4.63. The zero-order valence-corrected chi connectivity index (χ0v) is 19.6. The number of benzene rings is 2. The van der Waals surface area contributed by atoms with Crippen molar-refractivity contribution in [2.75, 3.05) is 6.54 Å². The summed E-state index contributed by atoms with van der Waals surface area (Å²) in [5, 5.41) is 10.6. The van der Waals surface area contributed by atoms with Crippen molar-refractivity contribution in [2.24, 2.45) is 4.99 Å². The van der Waals surface area contributed by atoms with Crippen molar-refractivity contribution in [1.29, 1.82) is 0 Å². The maximum absolute atomic E-state index is 13.1. The van der Waals surface area contributed by atoms with Crippen LogP contribution in [-0.2, 0) is 11.4 Å². The summed E-state index contributed by atoms with van der Waals surface area (Å²) in [7, 11) is 0. The number of rotatable bonds is 7. The highest BCUT2D eigenvalue weighted by Crippen LogP contribution is 2.36. The molecule has 0 saturated carbocycles. The van der Waals surface area contributed by atoms with Gasteiger partial charge in [0.15, 0.2) is 5.17 Å². The first-order valence-electron chi connectivity index (χ1n) is 9.71. The fourth-order valence-electron chi connectivity index (χ4n) is 2.91. The predicted molar refractivity (Wildman–Crippen MR) is 131 cm³/mol. The van der Waals surface area contributed by atoms with E-state index in [1.54, 1.807) is 11.0 Å². The van der Waals surface area contributed by atoms with E-state index in [9.17, 15) is 4.79 Å². The molecule has 2 heterocycles. The molecular weight excluding hydrogens is 464 g/mol. The van der Waals surface area contributed by atoms with Gasteiger partial charge in [-0.05, 0) is 48.5 Å². The molecule has 1 fully saturated rings. The van der Waals surface area contributed by atoms with E-state index in [-0.39, 0.29) is 5.91 Å². The predicted octanol–water partition coefficient (Wildman–Crippen LogP) is 5.87. The molecule has 1 amide bonds. The number of carbonyl (C=O) groups excluding carboxylic acids is 1. The van der Waals surface area contributed by atoms with Gasteiger partial charge in [-0.1, -0.05) is 59.3 Å². The van der Waals surface area contributed by atoms with Crippen LogP contribution in [0.3, 0.4) is 0 Å². The van der Waals surface area contributed by atoms with Gasteiger partial charge in [-0.15, -0.1) is 16.8 Å². The van der Waals surface area contributed by atoms with Crippen LogP contribution >= 0.6 is 34.7 Å². The number of para-hydroxylation sites is 1. The molecule has 1 aromatic heterocycles. The zero-order valence-electron chi connectivity index (χ0n) is 17.2. The molecule has 4 rings (SSSR count). The third-order valence-electron chi connectivity index (χ3n) is 4.42. The van der Waals surface area contributed by atoms with Gasteiger partial charge in [-0.2, -0.15) is 4.99 Å². The number of aliphatic imine (C=N–C) groups is 1. The number of hydrogen-bond donors (Lipinski definition) is 0. The van der Waals surface area contributed by atoms with Crippen molar-refractivity contribution in [3.8, 4) is 5.75 Å². The van der Waals surface area contributed by atoms with E-state index < -0.39 is 0 Å². The number of halogens is 1. The van der Waals surface area contributed by atoms with Gasteiger partial charge in [0.05, 0.1) is 4.91 Å². The number of aromatic nitrogens is 2. The number of carbonyl (C=O) groups is 1. The van der Waals surface area contributed by atoms with Gasteiger partial charge in [-0.3, -0.25) is 9.69 Å². The smallest absolute Gasteiger partial charge is 0.267 e. The van der Waals surface area contributed by atoms with Gasteiger partial charge in [0.2, 0.25) is 5.13 Å². The minimum absolute atomic E-state index is 0.137. The molecule has 3 aromatic rings. The van der Waals surface area contributed by atoms with Crippen LogP contribution in [0.5, 0.6) is 5.75 Å². The van der Waals surface area contributed by atoms with Crippen LogP contribution in [0.4, 0.5) is 5.13 Å². The van der Waals surface area contributed by atoms with E-state index in [1.165, 1.54) is 23.1 Å². The van der Waals surface area contributed by atoms with Crippen LogP contribution in [0.1, 0.15) is 16.1 Å². The summed E-state index contributed by atoms with van der Waals surface area (Å²) in [5.74, 6) is 0.547. The molecule has 0 bridgehead atoms. The molecule has 2 aromatic carbocycles. The highest BCUT2D eigenvalue weighted by Gasteiger charge is 2.33. The molecule has 1 aliphatic heterocycles. The second kappa shape index (κ2) is 10.1. The lowest BCUT2D eigenvalue weighted by atomic mass is 10.1.